The van der Waals surface area contributed by atoms with Crippen molar-refractivity contribution in [3.63, 3.8) is 0 Å². The number of anilines is 1. The molecule has 0 fully saturated rings. The zero-order chi connectivity index (χ0) is 12.5. The van der Waals surface area contributed by atoms with Crippen LogP contribution in [0.1, 0.15) is 0 Å². The lowest BCUT2D eigenvalue weighted by atomic mass is 10.2. The summed E-state index contributed by atoms with van der Waals surface area (Å²) in [6, 6.07) is 12.1. The Morgan fingerprint density at radius 1 is 1.17 bits per heavy atom. The lowest BCUT2D eigenvalue weighted by molar-refractivity contribution is 1.12. The molecule has 0 unspecified atom stereocenters. The van der Waals surface area contributed by atoms with Crippen LogP contribution in [0.3, 0.4) is 0 Å². The van der Waals surface area contributed by atoms with Gasteiger partial charge in [0.2, 0.25) is 0 Å². The van der Waals surface area contributed by atoms with Gasteiger partial charge in [-0.3, -0.25) is 5.10 Å². The van der Waals surface area contributed by atoms with Gasteiger partial charge in [0.25, 0.3) is 0 Å². The molecule has 0 saturated carbocycles. The van der Waals surface area contributed by atoms with E-state index in [2.05, 4.69) is 32.2 Å². The maximum atomic E-state index is 6.07. The molecule has 3 rings (SSSR count). The quantitative estimate of drug-likeness (QED) is 0.700. The Kier molecular flexibility index (Phi) is 3.01. The fourth-order valence-electron chi connectivity index (χ4n) is 1.72. The van der Waals surface area contributed by atoms with Gasteiger partial charge in [-0.2, -0.15) is 5.10 Å². The third kappa shape index (κ3) is 2.11. The van der Waals surface area contributed by atoms with Crippen molar-refractivity contribution in [2.45, 2.75) is 9.79 Å². The first kappa shape index (κ1) is 11.6. The summed E-state index contributed by atoms with van der Waals surface area (Å²) >= 11 is 5.18. The highest BCUT2D eigenvalue weighted by molar-refractivity contribution is 9.10. The number of halogens is 1. The van der Waals surface area contributed by atoms with Crippen molar-refractivity contribution in [3.05, 3.63) is 47.1 Å². The zero-order valence-corrected chi connectivity index (χ0v) is 11.8. The van der Waals surface area contributed by atoms with E-state index in [0.29, 0.717) is 0 Å². The molecule has 3 aromatic rings. The Bertz CT molecular complexity index is 708. The number of benzene rings is 2. The van der Waals surface area contributed by atoms with Gasteiger partial charge in [0.05, 0.1) is 11.7 Å². The van der Waals surface area contributed by atoms with Crippen molar-refractivity contribution >= 4 is 44.3 Å². The first-order valence-corrected chi connectivity index (χ1v) is 7.00. The molecule has 3 N–H and O–H groups in total. The lowest BCUT2D eigenvalue weighted by Gasteiger charge is -2.07. The summed E-state index contributed by atoms with van der Waals surface area (Å²) in [5.41, 5.74) is 7.83. The van der Waals surface area contributed by atoms with Crippen LogP contribution in [-0.4, -0.2) is 10.2 Å². The molecule has 0 aliphatic heterocycles. The number of fused-ring (bicyclic) bond motifs is 1. The molecule has 18 heavy (non-hydrogen) atoms. The number of nitrogens with zero attached hydrogens (tertiary/aromatic N) is 1. The Morgan fingerprint density at radius 3 is 2.83 bits per heavy atom. The molecule has 0 bridgehead atoms. The topological polar surface area (TPSA) is 54.7 Å². The molecule has 3 nitrogen and oxygen atoms in total. The molecule has 0 spiro atoms. The van der Waals surface area contributed by atoms with Gasteiger partial charge in [-0.05, 0) is 40.2 Å². The van der Waals surface area contributed by atoms with Crippen molar-refractivity contribution in [1.29, 1.82) is 0 Å². The molecule has 0 saturated heterocycles. The number of hydrogen-bond donors (Lipinski definition) is 2. The lowest BCUT2D eigenvalue weighted by Crippen LogP contribution is -1.88. The van der Waals surface area contributed by atoms with E-state index in [1.807, 2.05) is 30.3 Å². The van der Waals surface area contributed by atoms with Gasteiger partial charge in [-0.1, -0.05) is 23.9 Å². The number of rotatable bonds is 2. The van der Waals surface area contributed by atoms with E-state index in [4.69, 9.17) is 5.73 Å². The minimum absolute atomic E-state index is 0.768. The van der Waals surface area contributed by atoms with Gasteiger partial charge < -0.3 is 5.73 Å². The Hall–Kier alpha value is -1.46. The summed E-state index contributed by atoms with van der Waals surface area (Å²) in [4.78, 5) is 2.17. The van der Waals surface area contributed by atoms with Gasteiger partial charge in [0, 0.05) is 25.3 Å². The molecule has 1 heterocycles. The van der Waals surface area contributed by atoms with Crippen LogP contribution in [-0.2, 0) is 0 Å². The van der Waals surface area contributed by atoms with Crippen LogP contribution >= 0.6 is 27.7 Å². The van der Waals surface area contributed by atoms with Crippen LogP contribution in [0.15, 0.2) is 56.9 Å². The van der Waals surface area contributed by atoms with Crippen molar-refractivity contribution in [1.82, 2.24) is 10.2 Å². The van der Waals surface area contributed by atoms with E-state index in [0.717, 1.165) is 30.9 Å². The Balaban J connectivity index is 2.04. The molecule has 0 amide bonds. The predicted molar refractivity (Wildman–Crippen MR) is 78.8 cm³/mol. The molecule has 0 aliphatic rings. The van der Waals surface area contributed by atoms with E-state index in [-0.39, 0.29) is 0 Å². The van der Waals surface area contributed by atoms with Crippen molar-refractivity contribution in [2.75, 3.05) is 5.73 Å². The summed E-state index contributed by atoms with van der Waals surface area (Å²) < 4.78 is 1.07. The second-order valence-electron chi connectivity index (χ2n) is 3.88. The fraction of sp³-hybridized carbons (Fsp3) is 0. The van der Waals surface area contributed by atoms with E-state index in [1.54, 1.807) is 18.0 Å². The van der Waals surface area contributed by atoms with Crippen LogP contribution in [0.4, 0.5) is 5.69 Å². The highest BCUT2D eigenvalue weighted by Crippen LogP contribution is 2.37. The number of H-pyrrole nitrogens is 1. The molecule has 0 atom stereocenters. The van der Waals surface area contributed by atoms with Gasteiger partial charge in [0.1, 0.15) is 0 Å². The van der Waals surface area contributed by atoms with Crippen molar-refractivity contribution < 1.29 is 0 Å². The monoisotopic (exact) mass is 319 g/mol. The summed E-state index contributed by atoms with van der Waals surface area (Å²) in [6.45, 7) is 0. The highest BCUT2D eigenvalue weighted by Gasteiger charge is 2.07. The average Bonchev–Trinajstić information content (AvgIpc) is 2.79. The first-order valence-electron chi connectivity index (χ1n) is 5.39. The summed E-state index contributed by atoms with van der Waals surface area (Å²) in [7, 11) is 0. The standard InChI is InChI=1S/C13H10BrN3S/c14-9-3-1-2-4-12(9)18-13-6-11-8(5-10(13)15)7-16-17-11/h1-7H,15H2,(H,16,17). The zero-order valence-electron chi connectivity index (χ0n) is 9.35. The molecule has 1 aromatic heterocycles. The number of aromatic amines is 1. The maximum Gasteiger partial charge on any atom is 0.0663 e. The number of nitrogens with two attached hydrogens (primary N) is 1. The SMILES string of the molecule is Nc1cc2cn[nH]c2cc1Sc1ccccc1Br. The second kappa shape index (κ2) is 4.66. The highest BCUT2D eigenvalue weighted by atomic mass is 79.9. The van der Waals surface area contributed by atoms with Crippen molar-refractivity contribution in [2.24, 2.45) is 0 Å². The van der Waals surface area contributed by atoms with Crippen LogP contribution in [0.25, 0.3) is 10.9 Å². The predicted octanol–water partition coefficient (Wildman–Crippen LogP) is 4.06. The van der Waals surface area contributed by atoms with E-state index < -0.39 is 0 Å². The van der Waals surface area contributed by atoms with E-state index in [1.165, 1.54) is 0 Å². The van der Waals surface area contributed by atoms with E-state index >= 15 is 0 Å². The van der Waals surface area contributed by atoms with Gasteiger partial charge >= 0.3 is 0 Å². The average molecular weight is 320 g/mol. The van der Waals surface area contributed by atoms with Gasteiger partial charge in [-0.15, -0.1) is 0 Å². The van der Waals surface area contributed by atoms with Crippen LogP contribution in [0, 0.1) is 0 Å². The molecule has 5 heteroatoms. The van der Waals surface area contributed by atoms with E-state index in [9.17, 15) is 0 Å². The number of nitrogens with one attached hydrogen (secondary N) is 1. The minimum atomic E-state index is 0.768. The first-order chi connectivity index (χ1) is 8.74. The summed E-state index contributed by atoms with van der Waals surface area (Å²) in [5, 5.41) is 8.00. The Morgan fingerprint density at radius 2 is 2.00 bits per heavy atom. The molecule has 0 radical (unpaired) electrons. The van der Waals surface area contributed by atoms with Crippen LogP contribution in [0.5, 0.6) is 0 Å². The summed E-state index contributed by atoms with van der Waals surface area (Å²) in [6.07, 6.45) is 1.78. The normalized spacial score (nSPS) is 10.9. The number of aromatic nitrogens is 2. The molecule has 0 aliphatic carbocycles. The minimum Gasteiger partial charge on any atom is -0.398 e. The maximum absolute atomic E-state index is 6.07. The molecule has 90 valence electrons. The third-order valence-electron chi connectivity index (χ3n) is 2.63. The summed E-state index contributed by atoms with van der Waals surface area (Å²) in [5.74, 6) is 0. The van der Waals surface area contributed by atoms with Crippen LogP contribution < -0.4 is 5.73 Å². The largest absolute Gasteiger partial charge is 0.398 e. The molecular weight excluding hydrogens is 310 g/mol. The number of hydrogen-bond acceptors (Lipinski definition) is 3. The van der Waals surface area contributed by atoms with Crippen molar-refractivity contribution in [3.8, 4) is 0 Å². The van der Waals surface area contributed by atoms with Crippen LogP contribution in [0.2, 0.25) is 0 Å². The third-order valence-corrected chi connectivity index (χ3v) is 4.73. The van der Waals surface area contributed by atoms with Gasteiger partial charge in [-0.25, -0.2) is 0 Å². The smallest absolute Gasteiger partial charge is 0.0663 e. The number of nitrogen functional groups attached to an aromatic ring is 1. The van der Waals surface area contributed by atoms with Gasteiger partial charge in [0.15, 0.2) is 0 Å². The second-order valence-corrected chi connectivity index (χ2v) is 5.82. The molecule has 2 aromatic carbocycles. The Labute approximate surface area is 117 Å². The fourth-order valence-corrected chi connectivity index (χ4v) is 3.15. The molecular formula is C13H10BrN3S.